The van der Waals surface area contributed by atoms with Crippen LogP contribution in [0.4, 0.5) is 11.4 Å². The zero-order valence-corrected chi connectivity index (χ0v) is 15.4. The van der Waals surface area contributed by atoms with Crippen LogP contribution >= 0.6 is 11.3 Å². The minimum atomic E-state index is 0.118. The third-order valence-electron chi connectivity index (χ3n) is 4.55. The molecule has 1 aromatic heterocycles. The second-order valence-electron chi connectivity index (χ2n) is 6.41. The second-order valence-corrected chi connectivity index (χ2v) is 7.23. The normalized spacial score (nSPS) is 16.5. The van der Waals surface area contributed by atoms with Crippen molar-refractivity contribution in [2.24, 2.45) is 0 Å². The highest BCUT2D eigenvalue weighted by Gasteiger charge is 2.26. The van der Waals surface area contributed by atoms with E-state index in [1.807, 2.05) is 36.6 Å². The highest BCUT2D eigenvalue weighted by molar-refractivity contribution is 7.11. The van der Waals surface area contributed by atoms with Crippen molar-refractivity contribution in [3.63, 3.8) is 0 Å². The topological polar surface area (TPSA) is 29.7 Å². The van der Waals surface area contributed by atoms with Crippen LogP contribution in [0.1, 0.15) is 12.1 Å². The van der Waals surface area contributed by atoms with E-state index in [4.69, 9.17) is 11.3 Å². The molecule has 1 fully saturated rings. The van der Waals surface area contributed by atoms with Gasteiger partial charge in [0.1, 0.15) is 6.10 Å². The fourth-order valence-electron chi connectivity index (χ4n) is 3.26. The van der Waals surface area contributed by atoms with Crippen LogP contribution in [-0.2, 0) is 0 Å². The predicted molar refractivity (Wildman–Crippen MR) is 106 cm³/mol. The molecule has 1 aliphatic heterocycles. The minimum absolute atomic E-state index is 0.118. The summed E-state index contributed by atoms with van der Waals surface area (Å²) < 4.78 is 6.00. The molecule has 0 N–H and O–H groups in total. The third kappa shape index (κ3) is 3.42. The standard InChI is InChI=1S/C21H19N3OS/c1-15-14-26-21(23-15)25-18-10-11-24(13-18)20-9-8-17(12-19(20)22-2)16-6-4-3-5-7-16/h3-9,12,14,18H,10-11,13H2,1H3/t18-/m0/s1. The number of nitrogens with zero attached hydrogens (tertiary/aromatic N) is 3. The van der Waals surface area contributed by atoms with Gasteiger partial charge in [0.2, 0.25) is 5.69 Å². The van der Waals surface area contributed by atoms with Gasteiger partial charge in [-0.2, -0.15) is 0 Å². The first kappa shape index (κ1) is 16.6. The summed E-state index contributed by atoms with van der Waals surface area (Å²) in [6.07, 6.45) is 1.06. The number of anilines is 1. The molecule has 0 spiro atoms. The Hall–Kier alpha value is -2.84. The van der Waals surface area contributed by atoms with Crippen molar-refractivity contribution in [3.05, 3.63) is 71.0 Å². The van der Waals surface area contributed by atoms with Crippen LogP contribution in [0.2, 0.25) is 0 Å². The van der Waals surface area contributed by atoms with Gasteiger partial charge in [0.05, 0.1) is 18.8 Å². The monoisotopic (exact) mass is 361 g/mol. The molecule has 130 valence electrons. The van der Waals surface area contributed by atoms with Gasteiger partial charge in [0.25, 0.3) is 5.19 Å². The maximum Gasteiger partial charge on any atom is 0.273 e. The van der Waals surface area contributed by atoms with Crippen molar-refractivity contribution in [1.29, 1.82) is 0 Å². The SMILES string of the molecule is [C-]#[N+]c1cc(-c2ccccc2)ccc1N1CC[C@H](Oc2nc(C)cs2)C1. The smallest absolute Gasteiger partial charge is 0.273 e. The molecule has 2 aromatic carbocycles. The molecule has 26 heavy (non-hydrogen) atoms. The van der Waals surface area contributed by atoms with Crippen LogP contribution in [0.5, 0.6) is 5.19 Å². The average molecular weight is 361 g/mol. The van der Waals surface area contributed by atoms with E-state index in [1.165, 1.54) is 0 Å². The summed E-state index contributed by atoms with van der Waals surface area (Å²) in [4.78, 5) is 10.4. The molecule has 4 nitrogen and oxygen atoms in total. The Morgan fingerprint density at radius 1 is 1.19 bits per heavy atom. The van der Waals surface area contributed by atoms with Gasteiger partial charge in [-0.1, -0.05) is 47.7 Å². The molecule has 1 saturated heterocycles. The molecule has 3 aromatic rings. The Kier molecular flexibility index (Phi) is 4.59. The van der Waals surface area contributed by atoms with E-state index < -0.39 is 0 Å². The fraction of sp³-hybridized carbons (Fsp3) is 0.238. The first-order valence-electron chi connectivity index (χ1n) is 8.63. The van der Waals surface area contributed by atoms with Gasteiger partial charge in [-0.15, -0.1) is 0 Å². The highest BCUT2D eigenvalue weighted by Crippen LogP contribution is 2.36. The summed E-state index contributed by atoms with van der Waals surface area (Å²) >= 11 is 1.54. The Balaban J connectivity index is 1.52. The number of aryl methyl sites for hydroxylation is 1. The molecule has 0 aliphatic carbocycles. The van der Waals surface area contributed by atoms with E-state index >= 15 is 0 Å². The van der Waals surface area contributed by atoms with Gasteiger partial charge >= 0.3 is 0 Å². The third-order valence-corrected chi connectivity index (χ3v) is 5.40. The second kappa shape index (κ2) is 7.19. The van der Waals surface area contributed by atoms with Crippen molar-refractivity contribution < 1.29 is 4.74 Å². The number of rotatable bonds is 4. The Bertz CT molecular complexity index is 945. The van der Waals surface area contributed by atoms with Crippen LogP contribution in [0.3, 0.4) is 0 Å². The minimum Gasteiger partial charge on any atom is -0.465 e. The molecular weight excluding hydrogens is 342 g/mol. The van der Waals surface area contributed by atoms with E-state index in [0.29, 0.717) is 5.69 Å². The molecule has 4 rings (SSSR count). The highest BCUT2D eigenvalue weighted by atomic mass is 32.1. The summed E-state index contributed by atoms with van der Waals surface area (Å²) in [5.41, 5.74) is 4.88. The average Bonchev–Trinajstić information content (AvgIpc) is 3.31. The van der Waals surface area contributed by atoms with Crippen molar-refractivity contribution in [2.45, 2.75) is 19.4 Å². The largest absolute Gasteiger partial charge is 0.465 e. The van der Waals surface area contributed by atoms with Crippen molar-refractivity contribution in [3.8, 4) is 16.3 Å². The van der Waals surface area contributed by atoms with E-state index in [1.54, 1.807) is 11.3 Å². The lowest BCUT2D eigenvalue weighted by atomic mass is 10.0. The summed E-state index contributed by atoms with van der Waals surface area (Å²) in [5, 5.41) is 2.74. The zero-order valence-electron chi connectivity index (χ0n) is 14.6. The maximum atomic E-state index is 7.60. The van der Waals surface area contributed by atoms with Crippen molar-refractivity contribution in [2.75, 3.05) is 18.0 Å². The van der Waals surface area contributed by atoms with Crippen LogP contribution < -0.4 is 9.64 Å². The van der Waals surface area contributed by atoms with E-state index in [0.717, 1.165) is 47.2 Å². The van der Waals surface area contributed by atoms with Gasteiger partial charge < -0.3 is 9.64 Å². The summed E-state index contributed by atoms with van der Waals surface area (Å²) in [6, 6.07) is 16.3. The van der Waals surface area contributed by atoms with E-state index in [2.05, 4.69) is 39.0 Å². The summed E-state index contributed by atoms with van der Waals surface area (Å²) in [6.45, 7) is 11.2. The lowest BCUT2D eigenvalue weighted by Gasteiger charge is -2.20. The van der Waals surface area contributed by atoms with Gasteiger partial charge in [-0.05, 0) is 30.2 Å². The molecule has 0 radical (unpaired) electrons. The van der Waals surface area contributed by atoms with E-state index in [9.17, 15) is 0 Å². The Labute approximate surface area is 157 Å². The van der Waals surface area contributed by atoms with Gasteiger partial charge in [-0.3, -0.25) is 0 Å². The zero-order chi connectivity index (χ0) is 17.9. The quantitative estimate of drug-likeness (QED) is 0.589. The molecule has 1 atom stereocenters. The molecular formula is C21H19N3OS. The number of thiazole rings is 1. The number of hydrogen-bond acceptors (Lipinski definition) is 4. The molecule has 5 heteroatoms. The summed E-state index contributed by atoms with van der Waals surface area (Å²) in [7, 11) is 0. The molecule has 0 amide bonds. The van der Waals surface area contributed by atoms with Gasteiger partial charge in [0, 0.05) is 24.0 Å². The Morgan fingerprint density at radius 2 is 2.04 bits per heavy atom. The lowest BCUT2D eigenvalue weighted by Crippen LogP contribution is -2.24. The first-order valence-corrected chi connectivity index (χ1v) is 9.51. The van der Waals surface area contributed by atoms with Gasteiger partial charge in [0.15, 0.2) is 0 Å². The lowest BCUT2D eigenvalue weighted by molar-refractivity contribution is 0.223. The van der Waals surface area contributed by atoms with Crippen LogP contribution in [0.15, 0.2) is 53.9 Å². The Morgan fingerprint density at radius 3 is 2.77 bits per heavy atom. The molecule has 2 heterocycles. The maximum absolute atomic E-state index is 7.60. The van der Waals surface area contributed by atoms with Crippen LogP contribution in [0, 0.1) is 13.5 Å². The number of benzene rings is 2. The first-order chi connectivity index (χ1) is 12.7. The number of aromatic nitrogens is 1. The molecule has 0 bridgehead atoms. The number of hydrogen-bond donors (Lipinski definition) is 0. The van der Waals surface area contributed by atoms with Crippen LogP contribution in [-0.4, -0.2) is 24.2 Å². The predicted octanol–water partition coefficient (Wildman–Crippen LogP) is 5.33. The fourth-order valence-corrected chi connectivity index (χ4v) is 3.98. The molecule has 0 unspecified atom stereocenters. The van der Waals surface area contributed by atoms with Crippen molar-refractivity contribution in [1.82, 2.24) is 4.98 Å². The summed E-state index contributed by atoms with van der Waals surface area (Å²) in [5.74, 6) is 0. The molecule has 0 saturated carbocycles. The molecule has 1 aliphatic rings. The van der Waals surface area contributed by atoms with Gasteiger partial charge in [-0.25, -0.2) is 9.83 Å². The van der Waals surface area contributed by atoms with Crippen LogP contribution in [0.25, 0.3) is 16.0 Å². The number of ether oxygens (including phenoxy) is 1. The van der Waals surface area contributed by atoms with Crippen molar-refractivity contribution >= 4 is 22.7 Å². The van der Waals surface area contributed by atoms with E-state index in [-0.39, 0.29) is 6.10 Å².